The number of rotatable bonds is 3. The van der Waals surface area contributed by atoms with Gasteiger partial charge in [0, 0.05) is 0 Å². The Balaban J connectivity index is 0.00000400. The van der Waals surface area contributed by atoms with Gasteiger partial charge >= 0.3 is 29.6 Å². The van der Waals surface area contributed by atoms with Gasteiger partial charge in [-0.3, -0.25) is 13.7 Å². The van der Waals surface area contributed by atoms with Gasteiger partial charge in [0.2, 0.25) is 0 Å². The number of benzene rings is 1. The SMILES string of the molecule is O=S(=O)(O)c1cc(S(=O)(=O)O)c(S(=O)(=O)O)c(O)c1O.[NaH]. The van der Waals surface area contributed by atoms with Crippen molar-refractivity contribution in [2.75, 3.05) is 0 Å². The van der Waals surface area contributed by atoms with Crippen molar-refractivity contribution in [3.63, 3.8) is 0 Å². The second-order valence-electron chi connectivity index (χ2n) is 3.32. The van der Waals surface area contributed by atoms with Crippen LogP contribution in [0.1, 0.15) is 0 Å². The normalized spacial score (nSPS) is 12.7. The molecule has 0 aliphatic carbocycles. The molecule has 0 aliphatic rings. The average Bonchev–Trinajstić information content (AvgIpc) is 2.15. The van der Waals surface area contributed by atoms with Crippen molar-refractivity contribution in [2.45, 2.75) is 14.7 Å². The molecular weight excluding hydrogens is 367 g/mol. The van der Waals surface area contributed by atoms with Crippen LogP contribution in [0.4, 0.5) is 0 Å². The quantitative estimate of drug-likeness (QED) is 0.226. The maximum atomic E-state index is 11.0. The number of hydrogen-bond acceptors (Lipinski definition) is 8. The van der Waals surface area contributed by atoms with Gasteiger partial charge in [0.15, 0.2) is 16.4 Å². The van der Waals surface area contributed by atoms with E-state index >= 15 is 0 Å². The monoisotopic (exact) mass is 374 g/mol. The van der Waals surface area contributed by atoms with Gasteiger partial charge in [-0.2, -0.15) is 25.3 Å². The van der Waals surface area contributed by atoms with Crippen LogP contribution in [0.15, 0.2) is 20.8 Å². The summed E-state index contributed by atoms with van der Waals surface area (Å²) in [6.07, 6.45) is 0. The number of phenols is 2. The van der Waals surface area contributed by atoms with Crippen LogP contribution >= 0.6 is 0 Å². The van der Waals surface area contributed by atoms with Crippen LogP contribution in [-0.4, -0.2) is 78.7 Å². The minimum absolute atomic E-state index is 0. The number of phenolic OH excluding ortho intramolecular Hbond substituents is 2. The maximum absolute atomic E-state index is 11.0. The van der Waals surface area contributed by atoms with E-state index < -0.39 is 56.5 Å². The van der Waals surface area contributed by atoms with E-state index in [1.165, 1.54) is 0 Å². The Morgan fingerprint density at radius 3 is 1.33 bits per heavy atom. The predicted octanol–water partition coefficient (Wildman–Crippen LogP) is -1.81. The first-order valence-electron chi connectivity index (χ1n) is 4.18. The molecule has 5 N–H and O–H groups in total. The van der Waals surface area contributed by atoms with E-state index in [0.29, 0.717) is 0 Å². The van der Waals surface area contributed by atoms with E-state index in [-0.39, 0.29) is 35.6 Å². The minimum atomic E-state index is -5.46. The van der Waals surface area contributed by atoms with E-state index in [4.69, 9.17) is 13.7 Å². The summed E-state index contributed by atoms with van der Waals surface area (Å²) >= 11 is 0. The summed E-state index contributed by atoms with van der Waals surface area (Å²) in [5, 5.41) is 18.5. The Hall–Kier alpha value is -0.450. The molecule has 15 heteroatoms. The van der Waals surface area contributed by atoms with Gasteiger partial charge in [-0.1, -0.05) is 0 Å². The molecule has 1 aromatic rings. The van der Waals surface area contributed by atoms with Gasteiger partial charge in [-0.25, -0.2) is 0 Å². The zero-order chi connectivity index (χ0) is 16.1. The molecule has 0 aliphatic heterocycles. The second-order valence-corrected chi connectivity index (χ2v) is 7.46. The Kier molecular flexibility index (Phi) is 5.85. The molecule has 11 nitrogen and oxygen atoms in total. The third kappa shape index (κ3) is 4.27. The van der Waals surface area contributed by atoms with Crippen molar-refractivity contribution in [1.82, 2.24) is 0 Å². The fourth-order valence-electron chi connectivity index (χ4n) is 1.23. The number of aromatic hydroxyl groups is 2. The fourth-order valence-corrected chi connectivity index (χ4v) is 3.80. The van der Waals surface area contributed by atoms with Crippen LogP contribution in [-0.2, 0) is 30.4 Å². The summed E-state index contributed by atoms with van der Waals surface area (Å²) in [7, 11) is -16.1. The van der Waals surface area contributed by atoms with Gasteiger partial charge in [0.25, 0.3) is 30.4 Å². The summed E-state index contributed by atoms with van der Waals surface area (Å²) in [5.74, 6) is -3.61. The first-order valence-corrected chi connectivity index (χ1v) is 8.50. The van der Waals surface area contributed by atoms with Gasteiger partial charge < -0.3 is 10.2 Å². The molecule has 0 spiro atoms. The van der Waals surface area contributed by atoms with Crippen molar-refractivity contribution in [3.05, 3.63) is 6.07 Å². The predicted molar refractivity (Wildman–Crippen MR) is 66.4 cm³/mol. The Morgan fingerprint density at radius 2 is 1.05 bits per heavy atom. The van der Waals surface area contributed by atoms with Crippen molar-refractivity contribution in [2.24, 2.45) is 0 Å². The molecule has 0 heterocycles. The van der Waals surface area contributed by atoms with Gasteiger partial charge in [-0.15, -0.1) is 0 Å². The molecule has 0 unspecified atom stereocenters. The first kappa shape index (κ1) is 20.6. The van der Waals surface area contributed by atoms with Crippen molar-refractivity contribution in [3.8, 4) is 11.5 Å². The van der Waals surface area contributed by atoms with Crippen LogP contribution in [0.25, 0.3) is 0 Å². The number of hydrogen-bond donors (Lipinski definition) is 5. The zero-order valence-corrected chi connectivity index (χ0v) is 11.4. The summed E-state index contributed by atoms with van der Waals surface area (Å²) in [4.78, 5) is -5.18. The van der Waals surface area contributed by atoms with E-state index in [1.54, 1.807) is 0 Å². The van der Waals surface area contributed by atoms with E-state index in [1.807, 2.05) is 0 Å². The Morgan fingerprint density at radius 1 is 0.667 bits per heavy atom. The van der Waals surface area contributed by atoms with Crippen LogP contribution in [0.3, 0.4) is 0 Å². The van der Waals surface area contributed by atoms with Crippen molar-refractivity contribution < 1.29 is 49.1 Å². The molecule has 0 atom stereocenters. The van der Waals surface area contributed by atoms with Gasteiger partial charge in [-0.05, 0) is 6.07 Å². The zero-order valence-electron chi connectivity index (χ0n) is 8.99. The van der Waals surface area contributed by atoms with Crippen LogP contribution < -0.4 is 0 Å². The van der Waals surface area contributed by atoms with Crippen LogP contribution in [0, 0.1) is 0 Å². The second kappa shape index (κ2) is 5.98. The Bertz CT molecular complexity index is 880. The molecule has 0 bridgehead atoms. The third-order valence-electron chi connectivity index (χ3n) is 1.97. The van der Waals surface area contributed by atoms with E-state index in [2.05, 4.69) is 0 Å². The molecule has 21 heavy (non-hydrogen) atoms. The molecule has 0 fully saturated rings. The summed E-state index contributed by atoms with van der Waals surface area (Å²) in [6.45, 7) is 0. The fraction of sp³-hybridized carbons (Fsp3) is 0. The molecule has 0 aromatic heterocycles. The van der Waals surface area contributed by atoms with Gasteiger partial charge in [0.1, 0.15) is 9.79 Å². The standard InChI is InChI=1S/C6H6O11S3.Na.H/c7-4-2(18(9,10)11)1-3(19(12,13)14)6(5(4)8)20(15,16)17;;/h1,7-8H,(H,9,10,11)(H,12,13,14)(H,15,16,17);;. The molecule has 0 radical (unpaired) electrons. The van der Waals surface area contributed by atoms with Crippen LogP contribution in [0.5, 0.6) is 11.5 Å². The summed E-state index contributed by atoms with van der Waals surface area (Å²) < 4.78 is 91.7. The molecular formula is C6H7NaO11S3. The van der Waals surface area contributed by atoms with Crippen LogP contribution in [0.2, 0.25) is 0 Å². The summed E-state index contributed by atoms with van der Waals surface area (Å²) in [5.41, 5.74) is 0. The topological polar surface area (TPSA) is 204 Å². The van der Waals surface area contributed by atoms with E-state index in [9.17, 15) is 35.5 Å². The van der Waals surface area contributed by atoms with Gasteiger partial charge in [0.05, 0.1) is 0 Å². The molecule has 0 amide bonds. The molecule has 1 rings (SSSR count). The first-order chi connectivity index (χ1) is 8.67. The van der Waals surface area contributed by atoms with E-state index in [0.717, 1.165) is 0 Å². The summed E-state index contributed by atoms with van der Waals surface area (Å²) in [6, 6.07) is -0.150. The Labute approximate surface area is 140 Å². The molecule has 0 saturated carbocycles. The molecule has 0 saturated heterocycles. The average molecular weight is 374 g/mol. The van der Waals surface area contributed by atoms with Crippen molar-refractivity contribution >= 4 is 59.9 Å². The molecule has 116 valence electrons. The third-order valence-corrected chi connectivity index (χ3v) is 4.78. The molecule has 1 aromatic carbocycles. The van der Waals surface area contributed by atoms with Crippen molar-refractivity contribution in [1.29, 1.82) is 0 Å².